The van der Waals surface area contributed by atoms with E-state index in [1.165, 1.54) is 0 Å². The molecule has 1 saturated carbocycles. The molecule has 0 amide bonds. The van der Waals surface area contributed by atoms with Crippen molar-refractivity contribution in [3.05, 3.63) is 0 Å². The van der Waals surface area contributed by atoms with Crippen molar-refractivity contribution in [2.24, 2.45) is 17.8 Å². The van der Waals surface area contributed by atoms with Gasteiger partial charge in [-0.3, -0.25) is 9.59 Å². The first kappa shape index (κ1) is 9.23. The van der Waals surface area contributed by atoms with Crippen molar-refractivity contribution >= 4 is 11.8 Å². The second kappa shape index (κ2) is 3.25. The van der Waals surface area contributed by atoms with Crippen LogP contribution in [-0.4, -0.2) is 16.9 Å². The summed E-state index contributed by atoms with van der Waals surface area (Å²) in [6, 6.07) is 0. The van der Waals surface area contributed by atoms with Gasteiger partial charge >= 0.3 is 5.97 Å². The molecule has 1 rings (SSSR count). The fourth-order valence-corrected chi connectivity index (χ4v) is 2.09. The van der Waals surface area contributed by atoms with Crippen LogP contribution in [0.5, 0.6) is 0 Å². The van der Waals surface area contributed by atoms with E-state index in [9.17, 15) is 9.59 Å². The minimum absolute atomic E-state index is 0.0138. The van der Waals surface area contributed by atoms with Crippen molar-refractivity contribution in [1.82, 2.24) is 0 Å². The maximum Gasteiger partial charge on any atom is 0.307 e. The van der Waals surface area contributed by atoms with Crippen LogP contribution in [0.4, 0.5) is 0 Å². The van der Waals surface area contributed by atoms with E-state index in [0.29, 0.717) is 12.8 Å². The van der Waals surface area contributed by atoms with Crippen molar-refractivity contribution in [3.63, 3.8) is 0 Å². The van der Waals surface area contributed by atoms with Crippen molar-refractivity contribution in [2.75, 3.05) is 0 Å². The third-order valence-corrected chi connectivity index (χ3v) is 2.71. The molecule has 1 N–H and O–H groups in total. The molecule has 3 heteroatoms. The molecule has 1 aliphatic rings. The molecule has 3 unspecified atom stereocenters. The highest BCUT2D eigenvalue weighted by Gasteiger charge is 2.43. The first-order valence-electron chi connectivity index (χ1n) is 4.33. The highest BCUT2D eigenvalue weighted by atomic mass is 16.4. The molecule has 0 radical (unpaired) electrons. The number of rotatable bonds is 2. The number of Topliss-reactive ketones (excluding diaryl/α,β-unsaturated/α-hetero) is 1. The molecular formula is C9H14O3. The Kier molecular flexibility index (Phi) is 2.50. The topological polar surface area (TPSA) is 54.4 Å². The summed E-state index contributed by atoms with van der Waals surface area (Å²) in [5, 5.41) is 8.85. The maximum atomic E-state index is 11.3. The fourth-order valence-electron chi connectivity index (χ4n) is 2.09. The Morgan fingerprint density at radius 2 is 2.25 bits per heavy atom. The molecule has 0 aliphatic heterocycles. The van der Waals surface area contributed by atoms with Gasteiger partial charge in [-0.25, -0.2) is 0 Å². The quantitative estimate of drug-likeness (QED) is 0.680. The predicted octanol–water partition coefficient (Wildman–Crippen LogP) is 1.32. The van der Waals surface area contributed by atoms with Gasteiger partial charge in [0.25, 0.3) is 0 Å². The average Bonchev–Trinajstić information content (AvgIpc) is 2.24. The van der Waals surface area contributed by atoms with Crippen molar-refractivity contribution in [2.45, 2.75) is 26.7 Å². The lowest BCUT2D eigenvalue weighted by Crippen LogP contribution is -2.24. The molecule has 1 fully saturated rings. The molecule has 0 aromatic rings. The Bertz CT molecular complexity index is 210. The summed E-state index contributed by atoms with van der Waals surface area (Å²) in [6.07, 6.45) is 1.09. The lowest BCUT2D eigenvalue weighted by Gasteiger charge is -2.14. The minimum Gasteiger partial charge on any atom is -0.481 e. The van der Waals surface area contributed by atoms with Crippen LogP contribution in [0, 0.1) is 17.8 Å². The molecule has 0 heterocycles. The van der Waals surface area contributed by atoms with Gasteiger partial charge in [0, 0.05) is 12.3 Å². The lowest BCUT2D eigenvalue weighted by molar-refractivity contribution is -0.145. The number of carboxylic acids is 1. The molecule has 0 aromatic carbocycles. The zero-order valence-corrected chi connectivity index (χ0v) is 7.41. The van der Waals surface area contributed by atoms with Gasteiger partial charge in [0.05, 0.1) is 5.92 Å². The normalized spacial score (nSPS) is 35.5. The molecule has 1 aliphatic carbocycles. The zero-order chi connectivity index (χ0) is 9.30. The van der Waals surface area contributed by atoms with Crippen LogP contribution in [0.2, 0.25) is 0 Å². The number of carboxylic acid groups (broad SMARTS) is 1. The highest BCUT2D eigenvalue weighted by molar-refractivity contribution is 5.90. The van der Waals surface area contributed by atoms with Gasteiger partial charge in [-0.05, 0) is 12.3 Å². The summed E-state index contributed by atoms with van der Waals surface area (Å²) in [7, 11) is 0. The van der Waals surface area contributed by atoms with E-state index in [0.717, 1.165) is 0 Å². The van der Waals surface area contributed by atoms with E-state index in [-0.39, 0.29) is 17.6 Å². The van der Waals surface area contributed by atoms with Gasteiger partial charge in [-0.15, -0.1) is 0 Å². The minimum atomic E-state index is -0.819. The number of carbonyl (C=O) groups excluding carboxylic acids is 1. The van der Waals surface area contributed by atoms with Crippen LogP contribution < -0.4 is 0 Å². The maximum absolute atomic E-state index is 11.3. The second-order valence-electron chi connectivity index (χ2n) is 3.53. The summed E-state index contributed by atoms with van der Waals surface area (Å²) < 4.78 is 0. The Morgan fingerprint density at radius 3 is 2.58 bits per heavy atom. The first-order valence-corrected chi connectivity index (χ1v) is 4.33. The number of ketones is 1. The Balaban J connectivity index is 2.82. The summed E-state index contributed by atoms with van der Waals surface area (Å²) in [5.41, 5.74) is 0. The molecule has 0 saturated heterocycles. The van der Waals surface area contributed by atoms with Crippen LogP contribution in [-0.2, 0) is 9.59 Å². The van der Waals surface area contributed by atoms with Gasteiger partial charge in [0.1, 0.15) is 5.78 Å². The lowest BCUT2D eigenvalue weighted by atomic mass is 9.89. The zero-order valence-electron chi connectivity index (χ0n) is 7.41. The molecule has 3 nitrogen and oxygen atoms in total. The van der Waals surface area contributed by atoms with E-state index in [1.54, 1.807) is 0 Å². The van der Waals surface area contributed by atoms with Crippen LogP contribution in [0.15, 0.2) is 0 Å². The van der Waals surface area contributed by atoms with Gasteiger partial charge in [0.2, 0.25) is 0 Å². The number of carbonyl (C=O) groups is 2. The van der Waals surface area contributed by atoms with Gasteiger partial charge in [0.15, 0.2) is 0 Å². The summed E-state index contributed by atoms with van der Waals surface area (Å²) >= 11 is 0. The van der Waals surface area contributed by atoms with Gasteiger partial charge in [-0.2, -0.15) is 0 Å². The monoisotopic (exact) mass is 170 g/mol. The third-order valence-electron chi connectivity index (χ3n) is 2.71. The SMILES string of the molecule is CCC1C(=O)CC(C)C1C(=O)O. The van der Waals surface area contributed by atoms with Crippen molar-refractivity contribution in [1.29, 1.82) is 0 Å². The van der Waals surface area contributed by atoms with Gasteiger partial charge < -0.3 is 5.11 Å². The van der Waals surface area contributed by atoms with E-state index in [4.69, 9.17) is 5.11 Å². The Labute approximate surface area is 71.8 Å². The van der Waals surface area contributed by atoms with E-state index >= 15 is 0 Å². The van der Waals surface area contributed by atoms with Crippen LogP contribution in [0.1, 0.15) is 26.7 Å². The largest absolute Gasteiger partial charge is 0.481 e. The summed E-state index contributed by atoms with van der Waals surface area (Å²) in [5.74, 6) is -1.36. The summed E-state index contributed by atoms with van der Waals surface area (Å²) in [6.45, 7) is 3.71. The smallest absolute Gasteiger partial charge is 0.307 e. The van der Waals surface area contributed by atoms with E-state index in [1.807, 2.05) is 13.8 Å². The molecule has 12 heavy (non-hydrogen) atoms. The molecule has 0 spiro atoms. The highest BCUT2D eigenvalue weighted by Crippen LogP contribution is 2.36. The second-order valence-corrected chi connectivity index (χ2v) is 3.53. The fraction of sp³-hybridized carbons (Fsp3) is 0.778. The standard InChI is InChI=1S/C9H14O3/c1-3-6-7(10)4-5(2)8(6)9(11)12/h5-6,8H,3-4H2,1-2H3,(H,11,12). The Morgan fingerprint density at radius 1 is 1.67 bits per heavy atom. The molecule has 0 aromatic heterocycles. The average molecular weight is 170 g/mol. The van der Waals surface area contributed by atoms with Crippen molar-refractivity contribution in [3.8, 4) is 0 Å². The molecule has 68 valence electrons. The van der Waals surface area contributed by atoms with Crippen LogP contribution in [0.3, 0.4) is 0 Å². The molecule has 0 bridgehead atoms. The number of aliphatic carboxylic acids is 1. The van der Waals surface area contributed by atoms with Crippen LogP contribution in [0.25, 0.3) is 0 Å². The Hall–Kier alpha value is -0.860. The summed E-state index contributed by atoms with van der Waals surface area (Å²) in [4.78, 5) is 22.0. The number of hydrogen-bond donors (Lipinski definition) is 1. The van der Waals surface area contributed by atoms with Crippen molar-refractivity contribution < 1.29 is 14.7 Å². The van der Waals surface area contributed by atoms with Gasteiger partial charge in [-0.1, -0.05) is 13.8 Å². The predicted molar refractivity (Wildman–Crippen MR) is 43.7 cm³/mol. The van der Waals surface area contributed by atoms with E-state index < -0.39 is 11.9 Å². The first-order chi connectivity index (χ1) is 5.57. The molecule has 3 atom stereocenters. The van der Waals surface area contributed by atoms with E-state index in [2.05, 4.69) is 0 Å². The van der Waals surface area contributed by atoms with Crippen LogP contribution >= 0.6 is 0 Å². The number of hydrogen-bond acceptors (Lipinski definition) is 2. The molecular weight excluding hydrogens is 156 g/mol. The third kappa shape index (κ3) is 1.36.